The molecule has 7 nitrogen and oxygen atoms in total. The first-order valence-electron chi connectivity index (χ1n) is 14.7. The molecule has 0 aromatic heterocycles. The van der Waals surface area contributed by atoms with Crippen molar-refractivity contribution in [1.29, 1.82) is 0 Å². The van der Waals surface area contributed by atoms with Crippen LogP contribution < -0.4 is 0 Å². The maximum absolute atomic E-state index is 12.3. The largest absolute Gasteiger partial charge is 0.870 e. The molecule has 0 aliphatic carbocycles. The zero-order valence-corrected chi connectivity index (χ0v) is 25.1. The summed E-state index contributed by atoms with van der Waals surface area (Å²) in [6.07, 6.45) is 23.7. The summed E-state index contributed by atoms with van der Waals surface area (Å²) in [6, 6.07) is 0. The second kappa shape index (κ2) is 20.9. The van der Waals surface area contributed by atoms with Crippen molar-refractivity contribution in [2.75, 3.05) is 54.1 Å². The lowest BCUT2D eigenvalue weighted by Crippen LogP contribution is -2.37. The van der Waals surface area contributed by atoms with E-state index in [0.29, 0.717) is 24.2 Å². The van der Waals surface area contributed by atoms with Gasteiger partial charge in [-0.2, -0.15) is 0 Å². The van der Waals surface area contributed by atoms with Gasteiger partial charge in [-0.15, -0.1) is 0 Å². The highest BCUT2D eigenvalue weighted by molar-refractivity contribution is 7.47. The zero-order chi connectivity index (χ0) is 25.9. The first-order valence-corrected chi connectivity index (χ1v) is 16.2. The number of unbranched alkanes of at least 4 members (excludes halogenated alkanes) is 15. The number of phosphoric acid groups is 1. The number of quaternary nitrogens is 1. The van der Waals surface area contributed by atoms with Crippen LogP contribution in [0.2, 0.25) is 0 Å². The molecule has 1 rings (SSSR count). The fraction of sp³-hybridized carbons (Fsp3) is 1.00. The van der Waals surface area contributed by atoms with E-state index in [-0.39, 0.29) is 24.1 Å². The SMILES string of the molecule is CCCCCCCCCCCCCCCCCCC1(COP(=O)(O)OCC[N+](C)(C)C)CCOC1.[OH-]. The van der Waals surface area contributed by atoms with Crippen molar-refractivity contribution >= 4 is 7.82 Å². The summed E-state index contributed by atoms with van der Waals surface area (Å²) in [5, 5.41) is 0. The molecule has 0 aromatic carbocycles. The molecule has 0 spiro atoms. The third-order valence-corrected chi connectivity index (χ3v) is 8.26. The van der Waals surface area contributed by atoms with E-state index in [1.165, 1.54) is 96.3 Å². The molecule has 0 radical (unpaired) electrons. The molecular weight excluding hydrogens is 477 g/mol. The van der Waals surface area contributed by atoms with Gasteiger partial charge in [0.15, 0.2) is 0 Å². The highest BCUT2D eigenvalue weighted by Crippen LogP contribution is 2.47. The summed E-state index contributed by atoms with van der Waals surface area (Å²) in [5.41, 5.74) is -0.141. The lowest BCUT2D eigenvalue weighted by Gasteiger charge is -2.28. The second-order valence-corrected chi connectivity index (χ2v) is 13.4. The highest BCUT2D eigenvalue weighted by Gasteiger charge is 2.37. The number of rotatable bonds is 24. The van der Waals surface area contributed by atoms with E-state index in [0.717, 1.165) is 19.3 Å². The van der Waals surface area contributed by atoms with Crippen molar-refractivity contribution in [3.8, 4) is 0 Å². The van der Waals surface area contributed by atoms with Crippen molar-refractivity contribution in [2.45, 2.75) is 122 Å². The van der Waals surface area contributed by atoms with E-state index in [9.17, 15) is 9.46 Å². The Bertz CT molecular complexity index is 549. The van der Waals surface area contributed by atoms with Crippen LogP contribution >= 0.6 is 7.82 Å². The minimum absolute atomic E-state index is 0. The molecule has 218 valence electrons. The van der Waals surface area contributed by atoms with Gasteiger partial charge in [-0.3, -0.25) is 9.05 Å². The van der Waals surface area contributed by atoms with Crippen molar-refractivity contribution in [2.24, 2.45) is 5.41 Å². The van der Waals surface area contributed by atoms with Crippen LogP contribution in [0.15, 0.2) is 0 Å². The Morgan fingerprint density at radius 1 is 0.806 bits per heavy atom. The molecule has 0 saturated carbocycles. The Kier molecular flexibility index (Phi) is 20.9. The monoisotopic (exact) mass is 537 g/mol. The molecule has 2 atom stereocenters. The molecule has 1 heterocycles. The Labute approximate surface area is 223 Å². The topological polar surface area (TPSA) is 95.0 Å². The van der Waals surface area contributed by atoms with E-state index >= 15 is 0 Å². The molecule has 1 aliphatic heterocycles. The van der Waals surface area contributed by atoms with Crippen LogP contribution in [0.3, 0.4) is 0 Å². The van der Waals surface area contributed by atoms with Crippen molar-refractivity contribution in [3.63, 3.8) is 0 Å². The van der Waals surface area contributed by atoms with Crippen LogP contribution in [-0.2, 0) is 18.3 Å². The fourth-order valence-corrected chi connectivity index (χ4v) is 5.59. The summed E-state index contributed by atoms with van der Waals surface area (Å²) in [7, 11) is 2.05. The van der Waals surface area contributed by atoms with Gasteiger partial charge in [-0.1, -0.05) is 110 Å². The molecule has 1 fully saturated rings. The molecule has 1 aliphatic rings. The van der Waals surface area contributed by atoms with Gasteiger partial charge in [0.25, 0.3) is 0 Å². The number of hydrogen-bond donors (Lipinski definition) is 1. The lowest BCUT2D eigenvalue weighted by molar-refractivity contribution is -0.870. The lowest BCUT2D eigenvalue weighted by atomic mass is 9.83. The molecule has 36 heavy (non-hydrogen) atoms. The van der Waals surface area contributed by atoms with E-state index < -0.39 is 7.82 Å². The van der Waals surface area contributed by atoms with Gasteiger partial charge < -0.3 is 19.6 Å². The molecule has 2 unspecified atom stereocenters. The van der Waals surface area contributed by atoms with Gasteiger partial charge in [0.1, 0.15) is 13.2 Å². The summed E-state index contributed by atoms with van der Waals surface area (Å²) < 4.78 is 29.2. The van der Waals surface area contributed by atoms with Crippen molar-refractivity contribution in [3.05, 3.63) is 0 Å². The molecule has 0 aromatic rings. The van der Waals surface area contributed by atoms with Gasteiger partial charge in [-0.05, 0) is 12.8 Å². The third-order valence-electron chi connectivity index (χ3n) is 7.30. The Hall–Kier alpha value is -0.0100. The average Bonchev–Trinajstić information content (AvgIpc) is 3.26. The fourth-order valence-electron chi connectivity index (χ4n) is 4.77. The summed E-state index contributed by atoms with van der Waals surface area (Å²) in [6.45, 7) is 4.71. The average molecular weight is 538 g/mol. The molecule has 8 heteroatoms. The molecule has 2 N–H and O–H groups in total. The first-order chi connectivity index (χ1) is 16.7. The predicted octanol–water partition coefficient (Wildman–Crippen LogP) is 7.71. The number of phosphoric ester groups is 1. The molecule has 0 amide bonds. The van der Waals surface area contributed by atoms with Crippen molar-refractivity contribution in [1.82, 2.24) is 0 Å². The zero-order valence-electron chi connectivity index (χ0n) is 24.2. The van der Waals surface area contributed by atoms with E-state index in [1.807, 2.05) is 21.1 Å². The summed E-state index contributed by atoms with van der Waals surface area (Å²) in [5.74, 6) is 0. The number of hydrogen-bond acceptors (Lipinski definition) is 5. The Morgan fingerprint density at radius 2 is 1.28 bits per heavy atom. The quantitative estimate of drug-likeness (QED) is 0.0770. The van der Waals surface area contributed by atoms with Gasteiger partial charge in [-0.25, -0.2) is 4.57 Å². The maximum Gasteiger partial charge on any atom is 0.472 e. The highest BCUT2D eigenvalue weighted by atomic mass is 31.2. The van der Waals surface area contributed by atoms with Crippen LogP contribution in [-0.4, -0.2) is 69.0 Å². The van der Waals surface area contributed by atoms with E-state index in [1.54, 1.807) is 0 Å². The van der Waals surface area contributed by atoms with Crippen LogP contribution in [0, 0.1) is 5.41 Å². The van der Waals surface area contributed by atoms with E-state index in [2.05, 4.69) is 6.92 Å². The number of nitrogens with zero attached hydrogens (tertiary/aromatic N) is 1. The standard InChI is InChI=1S/C28H58NO5P.H2O/c1-5-6-7-8-9-10-11-12-13-14-15-16-17-18-19-20-21-28(22-24-32-26-28)27-34-35(30,31)33-25-23-29(2,3)4;/h5-27H2,1-4H3;1H2. The normalized spacial score (nSPS) is 19.8. The molecule has 0 bridgehead atoms. The number of likely N-dealkylation sites (N-methyl/N-ethyl adjacent to an activating group) is 1. The van der Waals surface area contributed by atoms with Crippen LogP contribution in [0.1, 0.15) is 122 Å². The van der Waals surface area contributed by atoms with Crippen LogP contribution in [0.25, 0.3) is 0 Å². The van der Waals surface area contributed by atoms with Crippen molar-refractivity contribution < 1.29 is 33.2 Å². The van der Waals surface area contributed by atoms with Crippen LogP contribution in [0.5, 0.6) is 0 Å². The smallest absolute Gasteiger partial charge is 0.472 e. The predicted molar refractivity (Wildman–Crippen MR) is 149 cm³/mol. The Balaban J connectivity index is 0.0000122. The van der Waals surface area contributed by atoms with Gasteiger partial charge in [0, 0.05) is 12.0 Å². The summed E-state index contributed by atoms with van der Waals surface area (Å²) in [4.78, 5) is 10.1. The maximum atomic E-state index is 12.3. The third kappa shape index (κ3) is 20.0. The first kappa shape index (κ1) is 36.0. The van der Waals surface area contributed by atoms with Gasteiger partial charge in [0.2, 0.25) is 0 Å². The van der Waals surface area contributed by atoms with E-state index in [4.69, 9.17) is 13.8 Å². The minimum Gasteiger partial charge on any atom is -0.870 e. The van der Waals surface area contributed by atoms with Gasteiger partial charge >= 0.3 is 7.82 Å². The molecular formula is C28H60NO6P. The Morgan fingerprint density at radius 3 is 1.69 bits per heavy atom. The number of ether oxygens (including phenoxy) is 1. The van der Waals surface area contributed by atoms with Gasteiger partial charge in [0.05, 0.1) is 34.4 Å². The van der Waals surface area contributed by atoms with Crippen LogP contribution in [0.4, 0.5) is 0 Å². The molecule has 1 saturated heterocycles. The summed E-state index contributed by atoms with van der Waals surface area (Å²) >= 11 is 0. The second-order valence-electron chi connectivity index (χ2n) is 11.9. The minimum atomic E-state index is -4.02.